The molecule has 2 aromatic carbocycles. The minimum absolute atomic E-state index is 0.224. The molecule has 2 heterocycles. The number of aromatic nitrogens is 2. The van der Waals surface area contributed by atoms with Gasteiger partial charge in [-0.05, 0) is 29.8 Å². The summed E-state index contributed by atoms with van der Waals surface area (Å²) in [5.41, 5.74) is 1.78. The summed E-state index contributed by atoms with van der Waals surface area (Å²) in [5, 5.41) is 5.56. The maximum absolute atomic E-state index is 13.1. The number of hydrogen-bond donors (Lipinski definition) is 1. The molecule has 0 atom stereocenters. The molecule has 0 aliphatic heterocycles. The zero-order chi connectivity index (χ0) is 22.0. The SMILES string of the molecule is COC(=O)c1ccccc1NC(=O)Cn1cnc2scc(-c3ccc(Cl)cc3)c2c1=O. The van der Waals surface area contributed by atoms with Crippen molar-refractivity contribution in [3.05, 3.63) is 81.2 Å². The molecule has 7 nitrogen and oxygen atoms in total. The minimum Gasteiger partial charge on any atom is -0.465 e. The fourth-order valence-corrected chi connectivity index (χ4v) is 4.18. The Morgan fingerprint density at radius 3 is 2.65 bits per heavy atom. The Morgan fingerprint density at radius 1 is 1.16 bits per heavy atom. The number of halogens is 1. The molecule has 0 spiro atoms. The molecular weight excluding hydrogens is 438 g/mol. The smallest absolute Gasteiger partial charge is 0.339 e. The van der Waals surface area contributed by atoms with Crippen LogP contribution >= 0.6 is 22.9 Å². The molecule has 0 saturated heterocycles. The van der Waals surface area contributed by atoms with Crippen LogP contribution < -0.4 is 10.9 Å². The monoisotopic (exact) mass is 453 g/mol. The second-order valence-electron chi connectivity index (χ2n) is 6.60. The van der Waals surface area contributed by atoms with E-state index in [-0.39, 0.29) is 17.7 Å². The van der Waals surface area contributed by atoms with E-state index >= 15 is 0 Å². The van der Waals surface area contributed by atoms with Crippen LogP contribution in [0.3, 0.4) is 0 Å². The number of methoxy groups -OCH3 is 1. The van der Waals surface area contributed by atoms with Gasteiger partial charge in [0.25, 0.3) is 5.56 Å². The van der Waals surface area contributed by atoms with Crippen LogP contribution in [0.25, 0.3) is 21.3 Å². The van der Waals surface area contributed by atoms with Gasteiger partial charge in [0.15, 0.2) is 0 Å². The third-order valence-corrected chi connectivity index (χ3v) is 5.77. The number of rotatable bonds is 5. The van der Waals surface area contributed by atoms with E-state index in [1.807, 2.05) is 17.5 Å². The summed E-state index contributed by atoms with van der Waals surface area (Å²) >= 11 is 7.32. The van der Waals surface area contributed by atoms with Gasteiger partial charge in [0, 0.05) is 16.0 Å². The van der Waals surface area contributed by atoms with E-state index in [0.717, 1.165) is 11.1 Å². The summed E-state index contributed by atoms with van der Waals surface area (Å²) in [5.74, 6) is -1.04. The number of hydrogen-bond acceptors (Lipinski definition) is 6. The number of para-hydroxylation sites is 1. The van der Waals surface area contributed by atoms with Crippen molar-refractivity contribution in [1.82, 2.24) is 9.55 Å². The number of amides is 1. The fourth-order valence-electron chi connectivity index (χ4n) is 3.15. The van der Waals surface area contributed by atoms with Crippen molar-refractivity contribution in [3.63, 3.8) is 0 Å². The van der Waals surface area contributed by atoms with Gasteiger partial charge in [-0.1, -0.05) is 35.9 Å². The highest BCUT2D eigenvalue weighted by Crippen LogP contribution is 2.31. The average molecular weight is 454 g/mol. The second kappa shape index (κ2) is 8.71. The number of carbonyl (C=O) groups is 2. The van der Waals surface area contributed by atoms with Crippen molar-refractivity contribution < 1.29 is 14.3 Å². The van der Waals surface area contributed by atoms with Gasteiger partial charge in [0.2, 0.25) is 5.91 Å². The summed E-state index contributed by atoms with van der Waals surface area (Å²) in [6, 6.07) is 13.7. The highest BCUT2D eigenvalue weighted by Gasteiger charge is 2.17. The predicted molar refractivity (Wildman–Crippen MR) is 121 cm³/mol. The molecule has 4 aromatic rings. The van der Waals surface area contributed by atoms with Gasteiger partial charge >= 0.3 is 5.97 Å². The van der Waals surface area contributed by atoms with E-state index in [4.69, 9.17) is 16.3 Å². The first-order chi connectivity index (χ1) is 15.0. The van der Waals surface area contributed by atoms with Crippen LogP contribution in [0.4, 0.5) is 5.69 Å². The Labute approximate surface area is 185 Å². The second-order valence-corrected chi connectivity index (χ2v) is 7.89. The van der Waals surface area contributed by atoms with Crippen molar-refractivity contribution in [2.75, 3.05) is 12.4 Å². The summed E-state index contributed by atoms with van der Waals surface area (Å²) in [6.07, 6.45) is 1.35. The highest BCUT2D eigenvalue weighted by molar-refractivity contribution is 7.17. The number of ether oxygens (including phenoxy) is 1. The first kappa shape index (κ1) is 20.8. The van der Waals surface area contributed by atoms with E-state index in [1.54, 1.807) is 36.4 Å². The van der Waals surface area contributed by atoms with Gasteiger partial charge in [0.05, 0.1) is 30.1 Å². The first-order valence-electron chi connectivity index (χ1n) is 9.17. The van der Waals surface area contributed by atoms with Crippen molar-refractivity contribution in [3.8, 4) is 11.1 Å². The maximum atomic E-state index is 13.1. The van der Waals surface area contributed by atoms with Gasteiger partial charge in [0.1, 0.15) is 11.4 Å². The normalized spacial score (nSPS) is 10.8. The molecule has 31 heavy (non-hydrogen) atoms. The van der Waals surface area contributed by atoms with Crippen molar-refractivity contribution in [1.29, 1.82) is 0 Å². The van der Waals surface area contributed by atoms with Crippen LogP contribution in [0, 0.1) is 0 Å². The molecule has 0 saturated carbocycles. The third-order valence-electron chi connectivity index (χ3n) is 4.64. The predicted octanol–water partition coefficient (Wildman–Crippen LogP) is 4.20. The van der Waals surface area contributed by atoms with Crippen LogP contribution in [0.2, 0.25) is 5.02 Å². The van der Waals surface area contributed by atoms with E-state index in [0.29, 0.717) is 20.9 Å². The molecule has 0 fully saturated rings. The minimum atomic E-state index is -0.568. The maximum Gasteiger partial charge on any atom is 0.339 e. The standard InChI is InChI=1S/C22H16ClN3O4S/c1-30-22(29)15-4-2-3-5-17(15)25-18(27)10-26-12-24-20-19(21(26)28)16(11-31-20)13-6-8-14(23)9-7-13/h2-9,11-12H,10H2,1H3,(H,25,27). The van der Waals surface area contributed by atoms with Gasteiger partial charge in [-0.3, -0.25) is 14.2 Å². The lowest BCUT2D eigenvalue weighted by Gasteiger charge is -2.10. The third kappa shape index (κ3) is 4.21. The summed E-state index contributed by atoms with van der Waals surface area (Å²) in [6.45, 7) is -0.257. The number of anilines is 1. The number of nitrogens with zero attached hydrogens (tertiary/aromatic N) is 2. The lowest BCUT2D eigenvalue weighted by molar-refractivity contribution is -0.116. The van der Waals surface area contributed by atoms with Crippen LogP contribution in [-0.2, 0) is 16.1 Å². The van der Waals surface area contributed by atoms with Gasteiger partial charge in [-0.15, -0.1) is 11.3 Å². The van der Waals surface area contributed by atoms with Gasteiger partial charge < -0.3 is 10.1 Å². The van der Waals surface area contributed by atoms with E-state index in [2.05, 4.69) is 10.3 Å². The van der Waals surface area contributed by atoms with Crippen LogP contribution in [0.1, 0.15) is 10.4 Å². The van der Waals surface area contributed by atoms with Crippen LogP contribution in [0.15, 0.2) is 65.0 Å². The van der Waals surface area contributed by atoms with Crippen molar-refractivity contribution in [2.24, 2.45) is 0 Å². The number of esters is 1. The summed E-state index contributed by atoms with van der Waals surface area (Å²) in [7, 11) is 1.26. The molecule has 4 rings (SSSR count). The number of fused-ring (bicyclic) bond motifs is 1. The van der Waals surface area contributed by atoms with Gasteiger partial charge in [-0.25, -0.2) is 9.78 Å². The van der Waals surface area contributed by atoms with Crippen molar-refractivity contribution >= 4 is 50.7 Å². The van der Waals surface area contributed by atoms with Crippen LogP contribution in [-0.4, -0.2) is 28.5 Å². The molecule has 0 bridgehead atoms. The zero-order valence-corrected chi connectivity index (χ0v) is 17.9. The molecule has 1 amide bonds. The molecule has 2 aromatic heterocycles. The Balaban J connectivity index is 1.64. The number of benzene rings is 2. The fraction of sp³-hybridized carbons (Fsp3) is 0.0909. The average Bonchev–Trinajstić information content (AvgIpc) is 3.21. The quantitative estimate of drug-likeness (QED) is 0.457. The number of thiophene rings is 1. The highest BCUT2D eigenvalue weighted by atomic mass is 35.5. The Morgan fingerprint density at radius 2 is 1.90 bits per heavy atom. The molecule has 9 heteroatoms. The summed E-state index contributed by atoms with van der Waals surface area (Å²) in [4.78, 5) is 42.5. The topological polar surface area (TPSA) is 90.3 Å². The van der Waals surface area contributed by atoms with E-state index in [9.17, 15) is 14.4 Å². The summed E-state index contributed by atoms with van der Waals surface area (Å²) < 4.78 is 5.98. The zero-order valence-electron chi connectivity index (χ0n) is 16.3. The number of nitrogens with one attached hydrogen (secondary N) is 1. The van der Waals surface area contributed by atoms with Crippen LogP contribution in [0.5, 0.6) is 0 Å². The molecule has 0 aliphatic rings. The van der Waals surface area contributed by atoms with Gasteiger partial charge in [-0.2, -0.15) is 0 Å². The molecule has 0 unspecified atom stereocenters. The van der Waals surface area contributed by atoms with Crippen molar-refractivity contribution in [2.45, 2.75) is 6.54 Å². The Hall–Kier alpha value is -3.49. The lowest BCUT2D eigenvalue weighted by atomic mass is 10.1. The molecular formula is C22H16ClN3O4S. The Kier molecular flexibility index (Phi) is 5.83. The largest absolute Gasteiger partial charge is 0.465 e. The Bertz CT molecular complexity index is 1350. The molecule has 0 aliphatic carbocycles. The number of carbonyl (C=O) groups excluding carboxylic acids is 2. The van der Waals surface area contributed by atoms with E-state index in [1.165, 1.54) is 29.3 Å². The molecule has 0 radical (unpaired) electrons. The molecule has 1 N–H and O–H groups in total. The van der Waals surface area contributed by atoms with E-state index < -0.39 is 11.9 Å². The first-order valence-corrected chi connectivity index (χ1v) is 10.4. The lowest BCUT2D eigenvalue weighted by Crippen LogP contribution is -2.28. The molecule has 156 valence electrons.